The number of rotatable bonds is 3. The third-order valence-corrected chi connectivity index (χ3v) is 5.45. The Kier molecular flexibility index (Phi) is 4.51. The Morgan fingerprint density at radius 2 is 2.00 bits per heavy atom. The summed E-state index contributed by atoms with van der Waals surface area (Å²) in [5, 5.41) is 10.1. The molecule has 1 aromatic rings. The first-order chi connectivity index (χ1) is 10.2. The standard InChI is InChI=1S/C18H28N2O/c1-3-14(2)19-10-12-20(13-11-19)17-8-4-7-16-15(17)6-5-9-18(16)21/h5-6,9,14,17,21H,3-4,7-8,10-13H2,1-2H3. The number of benzene rings is 1. The average molecular weight is 288 g/mol. The minimum absolute atomic E-state index is 0.496. The molecule has 0 saturated carbocycles. The summed E-state index contributed by atoms with van der Waals surface area (Å²) in [6, 6.07) is 7.28. The molecule has 2 unspecified atom stereocenters. The van der Waals surface area contributed by atoms with Crippen molar-refractivity contribution in [2.75, 3.05) is 26.2 Å². The molecule has 1 heterocycles. The Morgan fingerprint density at radius 1 is 1.24 bits per heavy atom. The van der Waals surface area contributed by atoms with Crippen molar-refractivity contribution in [3.05, 3.63) is 29.3 Å². The van der Waals surface area contributed by atoms with Gasteiger partial charge in [0.1, 0.15) is 5.75 Å². The van der Waals surface area contributed by atoms with E-state index in [2.05, 4.69) is 29.7 Å². The maximum absolute atomic E-state index is 10.1. The smallest absolute Gasteiger partial charge is 0.119 e. The SMILES string of the molecule is CCC(C)N1CCN(C2CCCc3c(O)cccc32)CC1. The molecule has 0 radical (unpaired) electrons. The molecule has 21 heavy (non-hydrogen) atoms. The van der Waals surface area contributed by atoms with Gasteiger partial charge < -0.3 is 5.11 Å². The lowest BCUT2D eigenvalue weighted by atomic mass is 9.86. The van der Waals surface area contributed by atoms with E-state index in [-0.39, 0.29) is 0 Å². The topological polar surface area (TPSA) is 26.7 Å². The fourth-order valence-electron chi connectivity index (χ4n) is 3.93. The van der Waals surface area contributed by atoms with Crippen LogP contribution >= 0.6 is 0 Å². The molecule has 1 fully saturated rings. The first-order valence-electron chi connectivity index (χ1n) is 8.49. The number of phenolic OH excluding ortho intramolecular Hbond substituents is 1. The van der Waals surface area contributed by atoms with Crippen LogP contribution in [0.1, 0.15) is 50.3 Å². The molecule has 1 aliphatic heterocycles. The number of hydrogen-bond acceptors (Lipinski definition) is 3. The van der Waals surface area contributed by atoms with Crippen LogP contribution < -0.4 is 0 Å². The van der Waals surface area contributed by atoms with Crippen LogP contribution in [0.2, 0.25) is 0 Å². The minimum atomic E-state index is 0.496. The van der Waals surface area contributed by atoms with E-state index >= 15 is 0 Å². The van der Waals surface area contributed by atoms with Crippen LogP contribution in [0.3, 0.4) is 0 Å². The molecule has 116 valence electrons. The molecule has 1 aliphatic carbocycles. The van der Waals surface area contributed by atoms with E-state index in [1.807, 2.05) is 12.1 Å². The quantitative estimate of drug-likeness (QED) is 0.925. The van der Waals surface area contributed by atoms with Crippen molar-refractivity contribution in [2.24, 2.45) is 0 Å². The predicted molar refractivity (Wildman–Crippen MR) is 86.7 cm³/mol. The van der Waals surface area contributed by atoms with Crippen LogP contribution in [-0.2, 0) is 6.42 Å². The third-order valence-electron chi connectivity index (χ3n) is 5.45. The van der Waals surface area contributed by atoms with E-state index in [0.29, 0.717) is 17.8 Å². The molecule has 1 saturated heterocycles. The van der Waals surface area contributed by atoms with Crippen LogP contribution in [0.5, 0.6) is 5.75 Å². The van der Waals surface area contributed by atoms with Crippen LogP contribution in [0.4, 0.5) is 0 Å². The Bertz CT molecular complexity index is 480. The number of piperazine rings is 1. The fraction of sp³-hybridized carbons (Fsp3) is 0.667. The highest BCUT2D eigenvalue weighted by Gasteiger charge is 2.30. The maximum atomic E-state index is 10.1. The molecule has 1 N–H and O–H groups in total. The predicted octanol–water partition coefficient (Wildman–Crippen LogP) is 3.19. The lowest BCUT2D eigenvalue weighted by Gasteiger charge is -2.43. The Hall–Kier alpha value is -1.06. The van der Waals surface area contributed by atoms with Gasteiger partial charge in [-0.15, -0.1) is 0 Å². The van der Waals surface area contributed by atoms with Gasteiger partial charge in [-0.2, -0.15) is 0 Å². The molecule has 1 aromatic carbocycles. The molecule has 0 aromatic heterocycles. The fourth-order valence-corrected chi connectivity index (χ4v) is 3.93. The second-order valence-electron chi connectivity index (χ2n) is 6.58. The van der Waals surface area contributed by atoms with Gasteiger partial charge in [0, 0.05) is 38.3 Å². The number of fused-ring (bicyclic) bond motifs is 1. The summed E-state index contributed by atoms with van der Waals surface area (Å²) in [5.41, 5.74) is 2.57. The van der Waals surface area contributed by atoms with Crippen molar-refractivity contribution >= 4 is 0 Å². The highest BCUT2D eigenvalue weighted by atomic mass is 16.3. The summed E-state index contributed by atoms with van der Waals surface area (Å²) in [4.78, 5) is 5.25. The van der Waals surface area contributed by atoms with Gasteiger partial charge in [0.15, 0.2) is 0 Å². The largest absolute Gasteiger partial charge is 0.508 e. The van der Waals surface area contributed by atoms with E-state index in [9.17, 15) is 5.11 Å². The minimum Gasteiger partial charge on any atom is -0.508 e. The van der Waals surface area contributed by atoms with Gasteiger partial charge in [0.05, 0.1) is 0 Å². The lowest BCUT2D eigenvalue weighted by Crippen LogP contribution is -2.50. The second-order valence-corrected chi connectivity index (χ2v) is 6.58. The molecule has 3 rings (SSSR count). The summed E-state index contributed by atoms with van der Waals surface area (Å²) >= 11 is 0. The summed E-state index contributed by atoms with van der Waals surface area (Å²) in [5.74, 6) is 0.496. The summed E-state index contributed by atoms with van der Waals surface area (Å²) < 4.78 is 0. The molecule has 3 nitrogen and oxygen atoms in total. The Labute approximate surface area is 128 Å². The van der Waals surface area contributed by atoms with Crippen LogP contribution in [0.25, 0.3) is 0 Å². The first kappa shape index (κ1) is 14.9. The number of aromatic hydroxyl groups is 1. The molecular formula is C18H28N2O. The van der Waals surface area contributed by atoms with E-state index in [1.54, 1.807) is 0 Å². The first-order valence-corrected chi connectivity index (χ1v) is 8.49. The molecule has 0 amide bonds. The molecule has 0 bridgehead atoms. The second kappa shape index (κ2) is 6.37. The van der Waals surface area contributed by atoms with Crippen molar-refractivity contribution in [3.8, 4) is 5.75 Å². The maximum Gasteiger partial charge on any atom is 0.119 e. The number of phenols is 1. The van der Waals surface area contributed by atoms with Crippen LogP contribution in [-0.4, -0.2) is 47.1 Å². The molecule has 2 aliphatic rings. The van der Waals surface area contributed by atoms with Crippen LogP contribution in [0.15, 0.2) is 18.2 Å². The Morgan fingerprint density at radius 3 is 2.71 bits per heavy atom. The van der Waals surface area contributed by atoms with Gasteiger partial charge in [-0.1, -0.05) is 19.1 Å². The average Bonchev–Trinajstić information content (AvgIpc) is 2.54. The number of nitrogens with zero attached hydrogens (tertiary/aromatic N) is 2. The molecular weight excluding hydrogens is 260 g/mol. The van der Waals surface area contributed by atoms with Crippen molar-refractivity contribution in [1.82, 2.24) is 9.80 Å². The molecule has 0 spiro atoms. The summed E-state index contributed by atoms with van der Waals surface area (Å²) in [6.07, 6.45) is 4.70. The van der Waals surface area contributed by atoms with Crippen molar-refractivity contribution in [3.63, 3.8) is 0 Å². The van der Waals surface area contributed by atoms with Crippen molar-refractivity contribution < 1.29 is 5.11 Å². The number of hydrogen-bond donors (Lipinski definition) is 1. The van der Waals surface area contributed by atoms with Gasteiger partial charge in [0.2, 0.25) is 0 Å². The van der Waals surface area contributed by atoms with Gasteiger partial charge in [0.25, 0.3) is 0 Å². The van der Waals surface area contributed by atoms with Gasteiger partial charge >= 0.3 is 0 Å². The molecule has 3 heteroatoms. The zero-order chi connectivity index (χ0) is 14.8. The van der Waals surface area contributed by atoms with Gasteiger partial charge in [-0.05, 0) is 49.8 Å². The van der Waals surface area contributed by atoms with Gasteiger partial charge in [-0.3, -0.25) is 9.80 Å². The van der Waals surface area contributed by atoms with E-state index < -0.39 is 0 Å². The van der Waals surface area contributed by atoms with Crippen molar-refractivity contribution in [1.29, 1.82) is 0 Å². The summed E-state index contributed by atoms with van der Waals surface area (Å²) in [7, 11) is 0. The van der Waals surface area contributed by atoms with E-state index in [1.165, 1.54) is 43.5 Å². The Balaban J connectivity index is 1.71. The highest BCUT2D eigenvalue weighted by molar-refractivity contribution is 5.42. The van der Waals surface area contributed by atoms with Gasteiger partial charge in [-0.25, -0.2) is 0 Å². The van der Waals surface area contributed by atoms with E-state index in [0.717, 1.165) is 19.5 Å². The monoisotopic (exact) mass is 288 g/mol. The normalized spacial score (nSPS) is 25.5. The van der Waals surface area contributed by atoms with Crippen molar-refractivity contribution in [2.45, 2.75) is 51.6 Å². The zero-order valence-electron chi connectivity index (χ0n) is 13.4. The summed E-state index contributed by atoms with van der Waals surface area (Å²) in [6.45, 7) is 9.29. The lowest BCUT2D eigenvalue weighted by molar-refractivity contribution is 0.0662. The molecule has 2 atom stereocenters. The highest BCUT2D eigenvalue weighted by Crippen LogP contribution is 2.38. The van der Waals surface area contributed by atoms with E-state index in [4.69, 9.17) is 0 Å². The van der Waals surface area contributed by atoms with Crippen LogP contribution in [0, 0.1) is 0 Å². The third kappa shape index (κ3) is 2.95. The zero-order valence-corrected chi connectivity index (χ0v) is 13.4.